The van der Waals surface area contributed by atoms with Crippen LogP contribution < -0.4 is 9.80 Å². The molecular formula is C48H57N3. The zero-order chi connectivity index (χ0) is 37.3. The zero-order valence-corrected chi connectivity index (χ0v) is 33.0. The van der Waals surface area contributed by atoms with E-state index in [2.05, 4.69) is 208 Å². The lowest BCUT2D eigenvalue weighted by molar-refractivity contribution is 0.518. The minimum absolute atomic E-state index is 0.0262. The highest BCUT2D eigenvalue weighted by Crippen LogP contribution is 2.43. The highest BCUT2D eigenvalue weighted by molar-refractivity contribution is 5.83. The second-order valence-corrected chi connectivity index (χ2v) is 17.1. The molecule has 3 heteroatoms. The van der Waals surface area contributed by atoms with Gasteiger partial charge in [-0.2, -0.15) is 5.26 Å². The zero-order valence-electron chi connectivity index (χ0n) is 33.0. The summed E-state index contributed by atoms with van der Waals surface area (Å²) in [5, 5.41) is 10.7. The van der Waals surface area contributed by atoms with E-state index in [1.54, 1.807) is 0 Å². The molecule has 0 radical (unpaired) electrons. The van der Waals surface area contributed by atoms with Crippen LogP contribution in [0.25, 0.3) is 0 Å². The highest BCUT2D eigenvalue weighted by Gasteiger charge is 2.27. The summed E-state index contributed by atoms with van der Waals surface area (Å²) in [7, 11) is 0. The van der Waals surface area contributed by atoms with Crippen molar-refractivity contribution in [3.05, 3.63) is 149 Å². The van der Waals surface area contributed by atoms with Crippen LogP contribution in [0.4, 0.5) is 28.4 Å². The van der Waals surface area contributed by atoms with E-state index < -0.39 is 0 Å². The lowest BCUT2D eigenvalue weighted by atomic mass is 9.77. The van der Waals surface area contributed by atoms with Crippen molar-refractivity contribution in [2.24, 2.45) is 5.92 Å². The van der Waals surface area contributed by atoms with Gasteiger partial charge in [0.05, 0.1) is 11.3 Å². The quantitative estimate of drug-likeness (QED) is 0.156. The molecule has 0 spiro atoms. The van der Waals surface area contributed by atoms with Crippen LogP contribution >= 0.6 is 0 Å². The number of nitriles is 1. The summed E-state index contributed by atoms with van der Waals surface area (Å²) in [5.74, 6) is 0.419. The number of nitrogens with zero attached hydrogens (tertiary/aromatic N) is 3. The second kappa shape index (κ2) is 14.4. The Morgan fingerprint density at radius 2 is 1.04 bits per heavy atom. The summed E-state index contributed by atoms with van der Waals surface area (Å²) in [5.41, 5.74) is 11.8. The average molecular weight is 676 g/mol. The predicted octanol–water partition coefficient (Wildman–Crippen LogP) is 13.4. The van der Waals surface area contributed by atoms with Crippen LogP contribution in [0.5, 0.6) is 0 Å². The fourth-order valence-corrected chi connectivity index (χ4v) is 6.82. The Kier molecular flexibility index (Phi) is 10.6. The largest absolute Gasteiger partial charge is 0.338 e. The maximum Gasteiger partial charge on any atom is 0.101 e. The van der Waals surface area contributed by atoms with Crippen LogP contribution in [-0.2, 0) is 16.2 Å². The topological polar surface area (TPSA) is 30.3 Å². The van der Waals surface area contributed by atoms with E-state index in [0.29, 0.717) is 11.5 Å². The van der Waals surface area contributed by atoms with Gasteiger partial charge in [-0.05, 0) is 113 Å². The molecule has 3 nitrogen and oxygen atoms in total. The summed E-state index contributed by atoms with van der Waals surface area (Å²) >= 11 is 0. The van der Waals surface area contributed by atoms with E-state index in [-0.39, 0.29) is 22.3 Å². The van der Waals surface area contributed by atoms with Gasteiger partial charge in [0.2, 0.25) is 0 Å². The summed E-state index contributed by atoms with van der Waals surface area (Å²) in [6, 6.07) is 44.5. The summed E-state index contributed by atoms with van der Waals surface area (Å²) in [6.07, 6.45) is 0. The van der Waals surface area contributed by atoms with Gasteiger partial charge in [0.25, 0.3) is 0 Å². The van der Waals surface area contributed by atoms with Crippen molar-refractivity contribution in [1.29, 1.82) is 5.26 Å². The van der Waals surface area contributed by atoms with E-state index in [0.717, 1.165) is 33.9 Å². The van der Waals surface area contributed by atoms with Crippen molar-refractivity contribution in [1.82, 2.24) is 0 Å². The van der Waals surface area contributed by atoms with Gasteiger partial charge in [-0.3, -0.25) is 0 Å². The van der Waals surface area contributed by atoms with E-state index in [1.807, 2.05) is 6.07 Å². The number of hydrogen-bond donors (Lipinski definition) is 0. The Balaban J connectivity index is 1.71. The molecule has 1 unspecified atom stereocenters. The standard InChI is InChI=1S/C48H57N3/c1-33(2)35(4)50(41-23-18-37(19-24-41)46(5,6)7)43-28-34(3)29-44(31-43)51(42-25-20-38(21-26-42)47(8,9)10)45-27-22-40(30-36(45)32-49)48(11,12)39-16-14-13-15-17-39/h13-31,33,35H,1-12H3. The molecule has 0 fully saturated rings. The molecule has 264 valence electrons. The van der Waals surface area contributed by atoms with Crippen molar-refractivity contribution < 1.29 is 0 Å². The first-order valence-corrected chi connectivity index (χ1v) is 18.4. The number of hydrogen-bond acceptors (Lipinski definition) is 3. The van der Waals surface area contributed by atoms with Gasteiger partial charge in [-0.15, -0.1) is 0 Å². The normalized spacial score (nSPS) is 12.8. The van der Waals surface area contributed by atoms with Gasteiger partial charge in [0.15, 0.2) is 0 Å². The predicted molar refractivity (Wildman–Crippen MR) is 219 cm³/mol. The molecule has 1 atom stereocenters. The van der Waals surface area contributed by atoms with Crippen molar-refractivity contribution in [2.75, 3.05) is 9.80 Å². The number of benzene rings is 5. The Hall–Kier alpha value is -4.81. The van der Waals surface area contributed by atoms with E-state index >= 15 is 0 Å². The molecule has 0 saturated carbocycles. The Morgan fingerprint density at radius 1 is 0.529 bits per heavy atom. The van der Waals surface area contributed by atoms with Crippen molar-refractivity contribution >= 4 is 28.4 Å². The smallest absolute Gasteiger partial charge is 0.101 e. The summed E-state index contributed by atoms with van der Waals surface area (Å²) in [4.78, 5) is 4.74. The van der Waals surface area contributed by atoms with Crippen LogP contribution in [-0.4, -0.2) is 6.04 Å². The van der Waals surface area contributed by atoms with Gasteiger partial charge in [0.1, 0.15) is 6.07 Å². The molecule has 0 saturated heterocycles. The molecule has 0 heterocycles. The molecular weight excluding hydrogens is 619 g/mol. The van der Waals surface area contributed by atoms with Gasteiger partial charge in [-0.25, -0.2) is 0 Å². The molecule has 0 aliphatic rings. The molecule has 0 aromatic heterocycles. The van der Waals surface area contributed by atoms with Crippen LogP contribution in [0, 0.1) is 24.2 Å². The van der Waals surface area contributed by atoms with Crippen LogP contribution in [0.2, 0.25) is 0 Å². The Labute approximate surface area is 308 Å². The maximum atomic E-state index is 10.7. The molecule has 0 aliphatic heterocycles. The molecule has 51 heavy (non-hydrogen) atoms. The fraction of sp³-hybridized carbons (Fsp3) is 0.354. The SMILES string of the molecule is Cc1cc(N(c2ccc(C(C)(C)C)cc2)c2ccc(C(C)(C)c3ccccc3)cc2C#N)cc(N(c2ccc(C(C)(C)C)cc2)C(C)C(C)C)c1. The highest BCUT2D eigenvalue weighted by atomic mass is 15.2. The Morgan fingerprint density at radius 3 is 1.55 bits per heavy atom. The van der Waals surface area contributed by atoms with Crippen LogP contribution in [0.3, 0.4) is 0 Å². The third-order valence-corrected chi connectivity index (χ3v) is 10.5. The van der Waals surface area contributed by atoms with Gasteiger partial charge in [-0.1, -0.05) is 130 Å². The minimum atomic E-state index is -0.267. The van der Waals surface area contributed by atoms with Crippen molar-refractivity contribution in [3.8, 4) is 6.07 Å². The molecule has 5 rings (SSSR count). The van der Waals surface area contributed by atoms with E-state index in [1.165, 1.54) is 22.4 Å². The molecule has 0 aliphatic carbocycles. The molecule has 0 amide bonds. The summed E-state index contributed by atoms with van der Waals surface area (Å²) < 4.78 is 0. The minimum Gasteiger partial charge on any atom is -0.338 e. The van der Waals surface area contributed by atoms with Crippen molar-refractivity contribution in [3.63, 3.8) is 0 Å². The number of anilines is 5. The van der Waals surface area contributed by atoms with Crippen LogP contribution in [0.1, 0.15) is 110 Å². The molecule has 5 aromatic rings. The first kappa shape index (κ1) is 37.4. The first-order chi connectivity index (χ1) is 23.9. The molecule has 0 bridgehead atoms. The number of aryl methyl sites for hydroxylation is 1. The second-order valence-electron chi connectivity index (χ2n) is 17.1. The van der Waals surface area contributed by atoms with Gasteiger partial charge >= 0.3 is 0 Å². The van der Waals surface area contributed by atoms with Crippen LogP contribution in [0.15, 0.2) is 115 Å². The summed E-state index contributed by atoms with van der Waals surface area (Å²) in [6.45, 7) is 27.0. The maximum absolute atomic E-state index is 10.7. The Bertz CT molecular complexity index is 1980. The first-order valence-electron chi connectivity index (χ1n) is 18.4. The third-order valence-electron chi connectivity index (χ3n) is 10.5. The lowest BCUT2D eigenvalue weighted by Gasteiger charge is -2.36. The van der Waals surface area contributed by atoms with Gasteiger partial charge in [0, 0.05) is 34.2 Å². The number of rotatable bonds is 9. The monoisotopic (exact) mass is 675 g/mol. The van der Waals surface area contributed by atoms with Gasteiger partial charge < -0.3 is 9.80 Å². The average Bonchev–Trinajstić information content (AvgIpc) is 3.08. The third kappa shape index (κ3) is 8.07. The molecule has 5 aromatic carbocycles. The van der Waals surface area contributed by atoms with E-state index in [4.69, 9.17) is 0 Å². The van der Waals surface area contributed by atoms with Crippen molar-refractivity contribution in [2.45, 2.75) is 105 Å². The fourth-order valence-electron chi connectivity index (χ4n) is 6.82. The van der Waals surface area contributed by atoms with E-state index in [9.17, 15) is 5.26 Å². The molecule has 0 N–H and O–H groups in total. The lowest BCUT2D eigenvalue weighted by Crippen LogP contribution is -2.33.